The molecule has 0 aliphatic heterocycles. The quantitative estimate of drug-likeness (QED) is 0.943. The zero-order chi connectivity index (χ0) is 13.1. The Morgan fingerprint density at radius 3 is 2.89 bits per heavy atom. The van der Waals surface area contributed by atoms with E-state index in [1.807, 2.05) is 13.1 Å². The van der Waals surface area contributed by atoms with Gasteiger partial charge in [0, 0.05) is 12.2 Å². The zero-order valence-corrected chi connectivity index (χ0v) is 11.7. The minimum absolute atomic E-state index is 0.0320. The molecule has 0 radical (unpaired) electrons. The van der Waals surface area contributed by atoms with E-state index in [9.17, 15) is 4.39 Å². The first-order valence-electron chi connectivity index (χ1n) is 5.84. The van der Waals surface area contributed by atoms with E-state index in [4.69, 9.17) is 5.73 Å². The van der Waals surface area contributed by atoms with E-state index in [-0.39, 0.29) is 11.9 Å². The summed E-state index contributed by atoms with van der Waals surface area (Å²) in [5, 5.41) is 4.22. The molecule has 0 amide bonds. The van der Waals surface area contributed by atoms with Crippen LogP contribution in [0.4, 0.5) is 4.39 Å². The van der Waals surface area contributed by atoms with Crippen molar-refractivity contribution in [3.05, 3.63) is 46.4 Å². The highest BCUT2D eigenvalue weighted by Crippen LogP contribution is 2.19. The van der Waals surface area contributed by atoms with Gasteiger partial charge in [0.2, 0.25) is 0 Å². The van der Waals surface area contributed by atoms with Crippen LogP contribution < -0.4 is 5.73 Å². The van der Waals surface area contributed by atoms with Crippen LogP contribution in [0.25, 0.3) is 5.69 Å². The Hall–Kier alpha value is -1.20. The van der Waals surface area contributed by atoms with E-state index in [1.165, 1.54) is 12.1 Å². The van der Waals surface area contributed by atoms with Crippen molar-refractivity contribution in [2.24, 2.45) is 5.73 Å². The van der Waals surface area contributed by atoms with Crippen molar-refractivity contribution < 1.29 is 4.39 Å². The highest BCUT2D eigenvalue weighted by molar-refractivity contribution is 9.10. The highest BCUT2D eigenvalue weighted by Gasteiger charge is 2.10. The Morgan fingerprint density at radius 2 is 2.28 bits per heavy atom. The number of nitrogens with two attached hydrogens (primary N) is 1. The molecule has 3 nitrogen and oxygen atoms in total. The molecule has 1 heterocycles. The van der Waals surface area contributed by atoms with Crippen LogP contribution in [-0.2, 0) is 6.42 Å². The summed E-state index contributed by atoms with van der Waals surface area (Å²) in [6.07, 6.45) is 5.04. The van der Waals surface area contributed by atoms with Crippen LogP contribution in [0.5, 0.6) is 0 Å². The van der Waals surface area contributed by atoms with Crippen molar-refractivity contribution in [3.8, 4) is 5.69 Å². The van der Waals surface area contributed by atoms with Gasteiger partial charge in [-0.3, -0.25) is 0 Å². The lowest BCUT2D eigenvalue weighted by Crippen LogP contribution is -2.22. The Bertz CT molecular complexity index is 539. The Labute approximate surface area is 114 Å². The fourth-order valence-electron chi connectivity index (χ4n) is 1.80. The first-order chi connectivity index (χ1) is 8.60. The van der Waals surface area contributed by atoms with Crippen LogP contribution in [0.15, 0.2) is 35.1 Å². The average Bonchev–Trinajstić information content (AvgIpc) is 2.75. The van der Waals surface area contributed by atoms with Crippen LogP contribution in [0.1, 0.15) is 18.9 Å². The van der Waals surface area contributed by atoms with Crippen LogP contribution in [0.2, 0.25) is 0 Å². The van der Waals surface area contributed by atoms with Gasteiger partial charge in [-0.25, -0.2) is 9.07 Å². The summed E-state index contributed by atoms with van der Waals surface area (Å²) in [6.45, 7) is 2.02. The number of nitrogens with zero attached hydrogens (tertiary/aromatic N) is 2. The standard InChI is InChI=1S/C13H15BrFN3/c1-2-12(16)6-9-5-11(15)3-4-13(9)18-8-10(14)7-17-18/h3-5,7-8,12H,2,6,16H2,1H3. The van der Waals surface area contributed by atoms with Gasteiger partial charge in [0.25, 0.3) is 0 Å². The SMILES string of the molecule is CCC(N)Cc1cc(F)ccc1-n1cc(Br)cn1. The Morgan fingerprint density at radius 1 is 1.50 bits per heavy atom. The monoisotopic (exact) mass is 311 g/mol. The Balaban J connectivity index is 2.40. The maximum atomic E-state index is 13.3. The number of hydrogen-bond donors (Lipinski definition) is 1. The van der Waals surface area contributed by atoms with Gasteiger partial charge in [0.1, 0.15) is 5.82 Å². The van der Waals surface area contributed by atoms with Crippen molar-refractivity contribution in [1.82, 2.24) is 9.78 Å². The molecule has 96 valence electrons. The molecule has 18 heavy (non-hydrogen) atoms. The highest BCUT2D eigenvalue weighted by atomic mass is 79.9. The molecule has 1 atom stereocenters. The molecule has 0 spiro atoms. The fraction of sp³-hybridized carbons (Fsp3) is 0.308. The molecule has 2 rings (SSSR count). The summed E-state index contributed by atoms with van der Waals surface area (Å²) >= 11 is 3.35. The van der Waals surface area contributed by atoms with E-state index in [1.54, 1.807) is 16.9 Å². The van der Waals surface area contributed by atoms with Crippen LogP contribution in [0.3, 0.4) is 0 Å². The third-order valence-electron chi connectivity index (χ3n) is 2.85. The lowest BCUT2D eigenvalue weighted by molar-refractivity contribution is 0.611. The first kappa shape index (κ1) is 13.2. The number of rotatable bonds is 4. The van der Waals surface area contributed by atoms with Gasteiger partial charge in [-0.15, -0.1) is 0 Å². The molecule has 0 bridgehead atoms. The van der Waals surface area contributed by atoms with Crippen molar-refractivity contribution in [2.75, 3.05) is 0 Å². The maximum absolute atomic E-state index is 13.3. The third kappa shape index (κ3) is 2.97. The summed E-state index contributed by atoms with van der Waals surface area (Å²) < 4.78 is 16.0. The average molecular weight is 312 g/mol. The molecule has 2 N–H and O–H groups in total. The zero-order valence-electron chi connectivity index (χ0n) is 10.1. The first-order valence-corrected chi connectivity index (χ1v) is 6.64. The summed E-state index contributed by atoms with van der Waals surface area (Å²) in [4.78, 5) is 0. The van der Waals surface area contributed by atoms with Gasteiger partial charge in [0.05, 0.1) is 16.4 Å². The number of hydrogen-bond acceptors (Lipinski definition) is 2. The van der Waals surface area contributed by atoms with E-state index in [0.717, 1.165) is 22.1 Å². The van der Waals surface area contributed by atoms with E-state index in [0.29, 0.717) is 6.42 Å². The van der Waals surface area contributed by atoms with Crippen LogP contribution >= 0.6 is 15.9 Å². The fourth-order valence-corrected chi connectivity index (χ4v) is 2.09. The van der Waals surface area contributed by atoms with Crippen molar-refractivity contribution >= 4 is 15.9 Å². The van der Waals surface area contributed by atoms with Crippen LogP contribution in [0, 0.1) is 5.82 Å². The van der Waals surface area contributed by atoms with Gasteiger partial charge >= 0.3 is 0 Å². The second kappa shape index (κ2) is 5.63. The van der Waals surface area contributed by atoms with Gasteiger partial charge in [-0.05, 0) is 52.5 Å². The van der Waals surface area contributed by atoms with Crippen molar-refractivity contribution in [2.45, 2.75) is 25.8 Å². The summed E-state index contributed by atoms with van der Waals surface area (Å²) in [5.74, 6) is -0.247. The number of aromatic nitrogens is 2. The van der Waals surface area contributed by atoms with Crippen molar-refractivity contribution in [1.29, 1.82) is 0 Å². The molecule has 1 aromatic carbocycles. The van der Waals surface area contributed by atoms with Gasteiger partial charge in [-0.2, -0.15) is 5.10 Å². The minimum atomic E-state index is -0.247. The lowest BCUT2D eigenvalue weighted by Gasteiger charge is -2.13. The maximum Gasteiger partial charge on any atom is 0.123 e. The molecule has 0 aliphatic rings. The second-order valence-corrected chi connectivity index (χ2v) is 5.16. The van der Waals surface area contributed by atoms with Crippen molar-refractivity contribution in [3.63, 3.8) is 0 Å². The Kier molecular flexibility index (Phi) is 4.14. The number of benzene rings is 1. The minimum Gasteiger partial charge on any atom is -0.327 e. The van der Waals surface area contributed by atoms with E-state index >= 15 is 0 Å². The van der Waals surface area contributed by atoms with E-state index < -0.39 is 0 Å². The summed E-state index contributed by atoms with van der Waals surface area (Å²) in [5.41, 5.74) is 7.69. The molecule has 0 saturated carbocycles. The predicted molar refractivity (Wildman–Crippen MR) is 73.2 cm³/mol. The normalized spacial score (nSPS) is 12.7. The third-order valence-corrected chi connectivity index (χ3v) is 3.26. The molecule has 2 aromatic rings. The molecular formula is C13H15BrFN3. The van der Waals surface area contributed by atoms with Gasteiger partial charge < -0.3 is 5.73 Å². The molecule has 5 heteroatoms. The largest absolute Gasteiger partial charge is 0.327 e. The molecule has 1 aromatic heterocycles. The molecule has 0 fully saturated rings. The summed E-state index contributed by atoms with van der Waals surface area (Å²) in [7, 11) is 0. The summed E-state index contributed by atoms with van der Waals surface area (Å²) in [6, 6.07) is 4.73. The number of halogens is 2. The second-order valence-electron chi connectivity index (χ2n) is 4.25. The molecular weight excluding hydrogens is 297 g/mol. The smallest absolute Gasteiger partial charge is 0.123 e. The lowest BCUT2D eigenvalue weighted by atomic mass is 10.0. The molecule has 1 unspecified atom stereocenters. The predicted octanol–water partition coefficient (Wildman–Crippen LogP) is 3.05. The molecule has 0 aliphatic carbocycles. The van der Waals surface area contributed by atoms with E-state index in [2.05, 4.69) is 21.0 Å². The molecule has 0 saturated heterocycles. The topological polar surface area (TPSA) is 43.8 Å². The van der Waals surface area contributed by atoms with Gasteiger partial charge in [-0.1, -0.05) is 6.92 Å². The van der Waals surface area contributed by atoms with Gasteiger partial charge in [0.15, 0.2) is 0 Å². The van der Waals surface area contributed by atoms with Crippen LogP contribution in [-0.4, -0.2) is 15.8 Å².